The molecule has 0 saturated heterocycles. The van der Waals surface area contributed by atoms with Crippen molar-refractivity contribution in [3.8, 4) is 17.2 Å². The molecule has 0 aliphatic carbocycles. The van der Waals surface area contributed by atoms with Gasteiger partial charge in [0.1, 0.15) is 37.9 Å². The smallest absolute Gasteiger partial charge is 0.296 e. The summed E-state index contributed by atoms with van der Waals surface area (Å²) in [5.74, 6) is -0.578. The van der Waals surface area contributed by atoms with E-state index in [1.165, 1.54) is 79.9 Å². The molecule has 0 fully saturated rings. The number of ether oxygens (including phenoxy) is 1. The van der Waals surface area contributed by atoms with Crippen LogP contribution in [0.1, 0.15) is 0 Å². The van der Waals surface area contributed by atoms with E-state index in [2.05, 4.69) is 40.9 Å². The Morgan fingerprint density at radius 3 is 1.64 bits per heavy atom. The number of hydrogen-bond acceptors (Lipinski definition) is 18. The normalized spacial score (nSPS) is 13.0. The molecule has 27 heteroatoms. The lowest BCUT2D eigenvalue weighted by atomic mass is 10.1. The number of aromatic nitrogens is 3. The van der Waals surface area contributed by atoms with Gasteiger partial charge in [0.25, 0.3) is 40.5 Å². The zero-order valence-electron chi connectivity index (χ0n) is 33.0. The molecule has 0 spiro atoms. The summed E-state index contributed by atoms with van der Waals surface area (Å²) < 4.78 is 140. The third kappa shape index (κ3) is 9.34. The topological polar surface area (TPSA) is 352 Å². The molecule has 66 heavy (non-hydrogen) atoms. The maximum Gasteiger partial charge on any atom is 0.296 e. The standard InChI is InChI=1S/C39H27N9O14S4/c1-62-34-18-25(43-42-23-4-2-22(3-5-23)40-41-24-6-10-27(11-7-24)63(50,51)52)8-14-32(34)44-45-38-36(66(59,60)61)17-21-16-26(9-12-29(21)39(38)49)48-46-33-15-13-30-31(37(33)47-48)19-28(64(53,54)55)20-35(30)65(56,57)58/h2-20,49H,1H3,(H,50,51,52)(H,53,54,55)(H,56,57,58)(H,59,60,61). The molecular formula is C39H27N9O14S4. The fraction of sp³-hybridized carbons (Fsp3) is 0.0256. The van der Waals surface area contributed by atoms with E-state index in [1.807, 2.05) is 0 Å². The van der Waals surface area contributed by atoms with Gasteiger partial charge in [0.05, 0.1) is 45.3 Å². The lowest BCUT2D eigenvalue weighted by Crippen LogP contribution is -2.04. The molecule has 23 nitrogen and oxygen atoms in total. The van der Waals surface area contributed by atoms with E-state index in [-0.39, 0.29) is 54.6 Å². The van der Waals surface area contributed by atoms with Crippen molar-refractivity contribution < 1.29 is 61.7 Å². The van der Waals surface area contributed by atoms with Crippen molar-refractivity contribution in [2.45, 2.75) is 19.6 Å². The first-order valence-electron chi connectivity index (χ1n) is 18.2. The molecule has 7 aromatic carbocycles. The molecule has 0 radical (unpaired) electrons. The minimum absolute atomic E-state index is 0.0442. The molecule has 5 N–H and O–H groups in total. The van der Waals surface area contributed by atoms with E-state index in [0.717, 1.165) is 16.9 Å². The molecule has 0 aliphatic heterocycles. The summed E-state index contributed by atoms with van der Waals surface area (Å²) in [5.41, 5.74) is 1.18. The van der Waals surface area contributed by atoms with Gasteiger partial charge in [0.15, 0.2) is 5.75 Å². The van der Waals surface area contributed by atoms with E-state index < -0.39 is 66.6 Å². The summed E-state index contributed by atoms with van der Waals surface area (Å²) in [6, 6.07) is 25.2. The van der Waals surface area contributed by atoms with E-state index in [4.69, 9.17) is 9.29 Å². The average Bonchev–Trinajstić information content (AvgIpc) is 3.71. The van der Waals surface area contributed by atoms with E-state index in [9.17, 15) is 52.4 Å². The Morgan fingerprint density at radius 1 is 0.500 bits per heavy atom. The van der Waals surface area contributed by atoms with E-state index >= 15 is 0 Å². The van der Waals surface area contributed by atoms with Crippen LogP contribution in [0, 0.1) is 0 Å². The third-order valence-corrected chi connectivity index (χ3v) is 13.0. The number of nitrogens with zero attached hydrogens (tertiary/aromatic N) is 9. The van der Waals surface area contributed by atoms with Gasteiger partial charge in [-0.3, -0.25) is 18.2 Å². The van der Waals surface area contributed by atoms with Crippen LogP contribution < -0.4 is 4.74 Å². The third-order valence-electron chi connectivity index (χ3n) is 9.50. The predicted molar refractivity (Wildman–Crippen MR) is 233 cm³/mol. The van der Waals surface area contributed by atoms with Crippen molar-refractivity contribution in [1.29, 1.82) is 0 Å². The second-order valence-corrected chi connectivity index (χ2v) is 19.4. The monoisotopic (exact) mass is 973 g/mol. The molecule has 8 aromatic rings. The average molecular weight is 974 g/mol. The molecule has 336 valence electrons. The van der Waals surface area contributed by atoms with Gasteiger partial charge in [-0.05, 0) is 109 Å². The van der Waals surface area contributed by atoms with Gasteiger partial charge >= 0.3 is 0 Å². The molecule has 8 rings (SSSR count). The fourth-order valence-electron chi connectivity index (χ4n) is 6.40. The van der Waals surface area contributed by atoms with Crippen molar-refractivity contribution >= 4 is 107 Å². The number of fused-ring (bicyclic) bond motifs is 4. The Morgan fingerprint density at radius 2 is 1.06 bits per heavy atom. The van der Waals surface area contributed by atoms with Crippen LogP contribution in [-0.2, 0) is 40.5 Å². The maximum absolute atomic E-state index is 12.7. The largest absolute Gasteiger partial charge is 0.505 e. The van der Waals surface area contributed by atoms with Gasteiger partial charge in [-0.2, -0.15) is 58.9 Å². The van der Waals surface area contributed by atoms with Gasteiger partial charge in [-0.1, -0.05) is 6.07 Å². The van der Waals surface area contributed by atoms with Crippen molar-refractivity contribution in [1.82, 2.24) is 15.0 Å². The number of phenols is 1. The summed E-state index contributed by atoms with van der Waals surface area (Å²) in [4.78, 5) is -1.73. The quantitative estimate of drug-likeness (QED) is 0.0564. The summed E-state index contributed by atoms with van der Waals surface area (Å²) >= 11 is 0. The molecule has 1 heterocycles. The highest BCUT2D eigenvalue weighted by molar-refractivity contribution is 7.87. The summed E-state index contributed by atoms with van der Waals surface area (Å²) in [7, 11) is -18.0. The van der Waals surface area contributed by atoms with E-state index in [1.54, 1.807) is 24.3 Å². The molecular weight excluding hydrogens is 947 g/mol. The summed E-state index contributed by atoms with van der Waals surface area (Å²) in [6.07, 6.45) is 0. The lowest BCUT2D eigenvalue weighted by molar-refractivity contribution is 0.416. The highest BCUT2D eigenvalue weighted by Crippen LogP contribution is 2.43. The molecule has 0 bridgehead atoms. The van der Waals surface area contributed by atoms with Crippen molar-refractivity contribution in [2.24, 2.45) is 30.7 Å². The van der Waals surface area contributed by atoms with Crippen LogP contribution in [0.3, 0.4) is 0 Å². The van der Waals surface area contributed by atoms with Crippen molar-refractivity contribution in [3.05, 3.63) is 115 Å². The SMILES string of the molecule is COc1cc(N=Nc2ccc(N=Nc3ccc(S(=O)(=O)O)cc3)cc2)ccc1N=Nc1c(S(=O)(=O)O)cc2cc(-n3nc4ccc5c(S(=O)(=O)O)cc(S(=O)(=O)O)cc5c4n3)ccc2c1O. The number of methoxy groups -OCH3 is 1. The number of phenolic OH excluding ortho intramolecular Hbond substituents is 1. The number of rotatable bonds is 12. The van der Waals surface area contributed by atoms with Crippen LogP contribution in [0.25, 0.3) is 38.3 Å². The molecule has 0 aliphatic rings. The second kappa shape index (κ2) is 16.8. The van der Waals surface area contributed by atoms with Gasteiger partial charge < -0.3 is 9.84 Å². The van der Waals surface area contributed by atoms with Gasteiger partial charge in [-0.25, -0.2) is 0 Å². The van der Waals surface area contributed by atoms with Crippen LogP contribution in [0.4, 0.5) is 34.1 Å². The number of benzene rings is 7. The number of aromatic hydroxyl groups is 1. The number of hydrogen-bond donors (Lipinski definition) is 5. The second-order valence-electron chi connectivity index (χ2n) is 13.8. The zero-order valence-corrected chi connectivity index (χ0v) is 36.3. The minimum atomic E-state index is -5.07. The van der Waals surface area contributed by atoms with Crippen molar-refractivity contribution in [3.63, 3.8) is 0 Å². The van der Waals surface area contributed by atoms with Crippen LogP contribution in [0.5, 0.6) is 11.5 Å². The summed E-state index contributed by atoms with van der Waals surface area (Å²) in [6.45, 7) is 0. The van der Waals surface area contributed by atoms with Crippen molar-refractivity contribution in [2.75, 3.05) is 7.11 Å². The first kappa shape index (κ1) is 45.1. The molecule has 1 aromatic heterocycles. The predicted octanol–water partition coefficient (Wildman–Crippen LogP) is 8.67. The van der Waals surface area contributed by atoms with Crippen LogP contribution in [-0.4, -0.2) is 79.1 Å². The fourth-order valence-corrected chi connectivity index (χ4v) is 8.88. The molecule has 0 saturated carbocycles. The zero-order chi connectivity index (χ0) is 47.3. The van der Waals surface area contributed by atoms with Crippen LogP contribution in [0.15, 0.2) is 166 Å². The summed E-state index contributed by atoms with van der Waals surface area (Å²) in [5, 5.41) is 44.4. The van der Waals surface area contributed by atoms with Crippen LogP contribution in [0.2, 0.25) is 0 Å². The minimum Gasteiger partial charge on any atom is -0.505 e. The Balaban J connectivity index is 1.06. The molecule has 0 atom stereocenters. The Kier molecular flexibility index (Phi) is 11.5. The van der Waals surface area contributed by atoms with Crippen LogP contribution >= 0.6 is 0 Å². The first-order valence-corrected chi connectivity index (χ1v) is 24.0. The first-order chi connectivity index (χ1) is 31.1. The highest BCUT2D eigenvalue weighted by Gasteiger charge is 2.25. The Bertz CT molecular complexity index is 3870. The van der Waals surface area contributed by atoms with Gasteiger partial charge in [-0.15, -0.1) is 20.4 Å². The van der Waals surface area contributed by atoms with Gasteiger partial charge in [0, 0.05) is 22.2 Å². The maximum atomic E-state index is 12.7. The number of azo groups is 3. The lowest BCUT2D eigenvalue weighted by Gasteiger charge is -2.10. The highest BCUT2D eigenvalue weighted by atomic mass is 32.2. The van der Waals surface area contributed by atoms with E-state index in [0.29, 0.717) is 28.8 Å². The molecule has 0 amide bonds. The Labute approximate surface area is 372 Å². The molecule has 0 unspecified atom stereocenters. The Hall–Kier alpha value is -7.50. The van der Waals surface area contributed by atoms with Gasteiger partial charge in [0.2, 0.25) is 0 Å².